The standard InChI is InChI=1S/C17H16ClN3O2/c1-10-7-14-15(21(3)17(23)20(14)2)9-13(10)19-16(22)11-5-4-6-12(18)8-11/h4-9H,1-3H3,(H,19,22). The molecule has 0 spiro atoms. The Hall–Kier alpha value is -2.53. The number of hydrogen-bond donors (Lipinski definition) is 1. The van der Waals surface area contributed by atoms with Crippen LogP contribution in [0.4, 0.5) is 5.69 Å². The second-order valence-corrected chi connectivity index (χ2v) is 5.96. The maximum Gasteiger partial charge on any atom is 0.328 e. The summed E-state index contributed by atoms with van der Waals surface area (Å²) < 4.78 is 3.15. The molecule has 118 valence electrons. The fourth-order valence-electron chi connectivity index (χ4n) is 2.61. The number of carbonyl (C=O) groups excluding carboxylic acids is 1. The third-order valence-corrected chi connectivity index (χ3v) is 4.19. The number of benzene rings is 2. The number of aryl methyl sites for hydroxylation is 3. The summed E-state index contributed by atoms with van der Waals surface area (Å²) in [6, 6.07) is 10.5. The van der Waals surface area contributed by atoms with Crippen molar-refractivity contribution in [2.75, 3.05) is 5.32 Å². The van der Waals surface area contributed by atoms with Crippen LogP contribution >= 0.6 is 11.6 Å². The zero-order valence-corrected chi connectivity index (χ0v) is 13.8. The van der Waals surface area contributed by atoms with Crippen molar-refractivity contribution in [2.24, 2.45) is 14.1 Å². The molecule has 0 saturated carbocycles. The summed E-state index contributed by atoms with van der Waals surface area (Å²) in [4.78, 5) is 24.4. The molecular weight excluding hydrogens is 314 g/mol. The first-order valence-electron chi connectivity index (χ1n) is 7.11. The first-order chi connectivity index (χ1) is 10.9. The average Bonchev–Trinajstić information content (AvgIpc) is 2.72. The molecular formula is C17H16ClN3O2. The van der Waals surface area contributed by atoms with Crippen LogP contribution in [0.25, 0.3) is 11.0 Å². The second-order valence-electron chi connectivity index (χ2n) is 5.52. The SMILES string of the molecule is Cc1cc2c(cc1NC(=O)c1cccc(Cl)c1)n(C)c(=O)n2C. The molecule has 1 aromatic heterocycles. The Bertz CT molecular complexity index is 985. The number of rotatable bonds is 2. The molecule has 0 fully saturated rings. The molecule has 0 bridgehead atoms. The average molecular weight is 330 g/mol. The Kier molecular flexibility index (Phi) is 3.74. The number of carbonyl (C=O) groups is 1. The second kappa shape index (κ2) is 5.59. The fourth-order valence-corrected chi connectivity index (χ4v) is 2.80. The first kappa shape index (κ1) is 15.4. The molecule has 0 unspecified atom stereocenters. The maximum absolute atomic E-state index is 12.4. The van der Waals surface area contributed by atoms with Gasteiger partial charge in [-0.1, -0.05) is 17.7 Å². The van der Waals surface area contributed by atoms with Gasteiger partial charge in [0.2, 0.25) is 0 Å². The van der Waals surface area contributed by atoms with Gasteiger partial charge < -0.3 is 5.32 Å². The highest BCUT2D eigenvalue weighted by molar-refractivity contribution is 6.31. The Morgan fingerprint density at radius 1 is 1.09 bits per heavy atom. The van der Waals surface area contributed by atoms with Crippen LogP contribution in [0.5, 0.6) is 0 Å². The van der Waals surface area contributed by atoms with Gasteiger partial charge in [-0.15, -0.1) is 0 Å². The van der Waals surface area contributed by atoms with Gasteiger partial charge in [-0.2, -0.15) is 0 Å². The molecule has 0 aliphatic rings. The van der Waals surface area contributed by atoms with Crippen molar-refractivity contribution < 1.29 is 4.79 Å². The summed E-state index contributed by atoms with van der Waals surface area (Å²) in [6.07, 6.45) is 0. The zero-order valence-electron chi connectivity index (χ0n) is 13.1. The number of nitrogens with zero attached hydrogens (tertiary/aromatic N) is 2. The van der Waals surface area contributed by atoms with E-state index in [0.29, 0.717) is 16.3 Å². The molecule has 1 amide bonds. The van der Waals surface area contributed by atoms with Gasteiger partial charge in [-0.05, 0) is 42.8 Å². The van der Waals surface area contributed by atoms with Gasteiger partial charge in [0.05, 0.1) is 11.0 Å². The van der Waals surface area contributed by atoms with Crippen LogP contribution < -0.4 is 11.0 Å². The minimum Gasteiger partial charge on any atom is -0.322 e. The van der Waals surface area contributed by atoms with E-state index >= 15 is 0 Å². The lowest BCUT2D eigenvalue weighted by atomic mass is 10.1. The number of amides is 1. The van der Waals surface area contributed by atoms with Gasteiger partial charge in [0, 0.05) is 30.4 Å². The Balaban J connectivity index is 2.03. The summed E-state index contributed by atoms with van der Waals surface area (Å²) in [7, 11) is 3.44. The minimum absolute atomic E-state index is 0.0993. The molecule has 5 nitrogen and oxygen atoms in total. The zero-order chi connectivity index (χ0) is 16.7. The maximum atomic E-state index is 12.4. The lowest BCUT2D eigenvalue weighted by Crippen LogP contribution is -2.19. The Morgan fingerprint density at radius 2 is 1.74 bits per heavy atom. The number of fused-ring (bicyclic) bond motifs is 1. The van der Waals surface area contributed by atoms with Crippen LogP contribution in [0.15, 0.2) is 41.2 Å². The van der Waals surface area contributed by atoms with Gasteiger partial charge >= 0.3 is 5.69 Å². The van der Waals surface area contributed by atoms with Crippen molar-refractivity contribution >= 4 is 34.2 Å². The topological polar surface area (TPSA) is 56.0 Å². The van der Waals surface area contributed by atoms with Gasteiger partial charge in [-0.25, -0.2) is 4.79 Å². The Labute approximate surface area is 138 Å². The van der Waals surface area contributed by atoms with Crippen molar-refractivity contribution in [2.45, 2.75) is 6.92 Å². The minimum atomic E-state index is -0.240. The van der Waals surface area contributed by atoms with Crippen molar-refractivity contribution in [3.05, 3.63) is 63.0 Å². The molecule has 3 aromatic rings. The van der Waals surface area contributed by atoms with Crippen molar-refractivity contribution in [1.82, 2.24) is 9.13 Å². The van der Waals surface area contributed by atoms with E-state index in [4.69, 9.17) is 11.6 Å². The van der Waals surface area contributed by atoms with Crippen LogP contribution in [0.1, 0.15) is 15.9 Å². The highest BCUT2D eigenvalue weighted by Gasteiger charge is 2.13. The highest BCUT2D eigenvalue weighted by atomic mass is 35.5. The van der Waals surface area contributed by atoms with Gasteiger partial charge in [-0.3, -0.25) is 13.9 Å². The third-order valence-electron chi connectivity index (χ3n) is 3.95. The number of nitrogens with one attached hydrogen (secondary N) is 1. The summed E-state index contributed by atoms with van der Waals surface area (Å²) in [5.74, 6) is -0.240. The van der Waals surface area contributed by atoms with E-state index in [1.54, 1.807) is 47.5 Å². The molecule has 0 saturated heterocycles. The van der Waals surface area contributed by atoms with Crippen molar-refractivity contribution in [3.8, 4) is 0 Å². The molecule has 0 atom stereocenters. The lowest BCUT2D eigenvalue weighted by molar-refractivity contribution is 0.102. The molecule has 2 aromatic carbocycles. The van der Waals surface area contributed by atoms with E-state index in [-0.39, 0.29) is 11.6 Å². The summed E-state index contributed by atoms with van der Waals surface area (Å²) in [5, 5.41) is 3.39. The number of imidazole rings is 1. The van der Waals surface area contributed by atoms with Crippen LogP contribution in [-0.2, 0) is 14.1 Å². The monoisotopic (exact) mass is 329 g/mol. The number of halogens is 1. The third kappa shape index (κ3) is 2.64. The molecule has 6 heteroatoms. The molecule has 1 heterocycles. The van der Waals surface area contributed by atoms with Crippen LogP contribution in [0, 0.1) is 6.92 Å². The molecule has 0 aliphatic carbocycles. The number of anilines is 1. The molecule has 0 radical (unpaired) electrons. The number of aromatic nitrogens is 2. The van der Waals surface area contributed by atoms with E-state index in [0.717, 1.165) is 16.6 Å². The first-order valence-corrected chi connectivity index (χ1v) is 7.49. The quantitative estimate of drug-likeness (QED) is 0.785. The van der Waals surface area contributed by atoms with Gasteiger partial charge in [0.1, 0.15) is 0 Å². The largest absolute Gasteiger partial charge is 0.328 e. The summed E-state index contributed by atoms with van der Waals surface area (Å²) >= 11 is 5.92. The predicted molar refractivity (Wildman–Crippen MR) is 92.3 cm³/mol. The molecule has 1 N–H and O–H groups in total. The van der Waals surface area contributed by atoms with E-state index in [9.17, 15) is 9.59 Å². The van der Waals surface area contributed by atoms with Crippen LogP contribution in [0.3, 0.4) is 0 Å². The van der Waals surface area contributed by atoms with Gasteiger partial charge in [0.15, 0.2) is 0 Å². The van der Waals surface area contributed by atoms with Gasteiger partial charge in [0.25, 0.3) is 5.91 Å². The van der Waals surface area contributed by atoms with E-state index in [2.05, 4.69) is 5.32 Å². The molecule has 0 aliphatic heterocycles. The van der Waals surface area contributed by atoms with E-state index in [1.807, 2.05) is 19.1 Å². The van der Waals surface area contributed by atoms with E-state index in [1.165, 1.54) is 0 Å². The lowest BCUT2D eigenvalue weighted by Gasteiger charge is -2.10. The smallest absolute Gasteiger partial charge is 0.322 e. The molecule has 23 heavy (non-hydrogen) atoms. The normalized spacial score (nSPS) is 11.0. The predicted octanol–water partition coefficient (Wildman–Crippen LogP) is 3.09. The summed E-state index contributed by atoms with van der Waals surface area (Å²) in [6.45, 7) is 1.89. The Morgan fingerprint density at radius 3 is 2.39 bits per heavy atom. The fraction of sp³-hybridized carbons (Fsp3) is 0.176. The van der Waals surface area contributed by atoms with Crippen LogP contribution in [0.2, 0.25) is 5.02 Å². The van der Waals surface area contributed by atoms with E-state index < -0.39 is 0 Å². The highest BCUT2D eigenvalue weighted by Crippen LogP contribution is 2.23. The van der Waals surface area contributed by atoms with Crippen LogP contribution in [-0.4, -0.2) is 15.0 Å². The van der Waals surface area contributed by atoms with Crippen molar-refractivity contribution in [1.29, 1.82) is 0 Å². The molecule has 3 rings (SSSR count). The van der Waals surface area contributed by atoms with Crippen molar-refractivity contribution in [3.63, 3.8) is 0 Å². The summed E-state index contributed by atoms with van der Waals surface area (Å²) in [5.41, 5.74) is 3.54. The number of hydrogen-bond acceptors (Lipinski definition) is 2.